The predicted molar refractivity (Wildman–Crippen MR) is 83.4 cm³/mol. The highest BCUT2D eigenvalue weighted by Gasteiger charge is 2.29. The zero-order chi connectivity index (χ0) is 14.6. The minimum atomic E-state index is -0.276. The van der Waals surface area contributed by atoms with Gasteiger partial charge in [0.2, 0.25) is 0 Å². The van der Waals surface area contributed by atoms with Crippen LogP contribution in [0.3, 0.4) is 0 Å². The van der Waals surface area contributed by atoms with Gasteiger partial charge in [-0.2, -0.15) is 0 Å². The fraction of sp³-hybridized carbons (Fsp3) is 0.235. The molecule has 2 aromatic carbocycles. The Morgan fingerprint density at radius 1 is 1.24 bits per heavy atom. The highest BCUT2D eigenvalue weighted by atomic mass is 32.1. The summed E-state index contributed by atoms with van der Waals surface area (Å²) in [6.07, 6.45) is 2.25. The number of halogens is 1. The number of rotatable bonds is 2. The molecule has 0 bridgehead atoms. The summed E-state index contributed by atoms with van der Waals surface area (Å²) < 4.78 is 14.3. The molecule has 0 aliphatic heterocycles. The van der Waals surface area contributed by atoms with Crippen LogP contribution < -0.4 is 0 Å². The first-order valence-electron chi connectivity index (χ1n) is 7.02. The van der Waals surface area contributed by atoms with E-state index >= 15 is 0 Å². The zero-order valence-electron chi connectivity index (χ0n) is 11.6. The van der Waals surface area contributed by atoms with E-state index in [0.29, 0.717) is 11.7 Å². The monoisotopic (exact) mass is 299 g/mol. The number of thiazole rings is 1. The van der Waals surface area contributed by atoms with Gasteiger partial charge in [-0.15, -0.1) is 11.3 Å². The van der Waals surface area contributed by atoms with E-state index in [1.807, 2.05) is 6.92 Å². The Morgan fingerprint density at radius 2 is 1.95 bits per heavy atom. The van der Waals surface area contributed by atoms with Gasteiger partial charge in [0.05, 0.1) is 20.8 Å². The number of aromatic hydroxyl groups is 1. The molecule has 1 fully saturated rings. The number of aromatic nitrogens is 1. The van der Waals surface area contributed by atoms with Crippen molar-refractivity contribution in [2.24, 2.45) is 0 Å². The molecular formula is C17H14FNOS. The van der Waals surface area contributed by atoms with Crippen LogP contribution in [0.5, 0.6) is 5.75 Å². The lowest BCUT2D eigenvalue weighted by atomic mass is 9.98. The molecule has 4 heteroatoms. The molecule has 1 aromatic heterocycles. The molecule has 21 heavy (non-hydrogen) atoms. The van der Waals surface area contributed by atoms with E-state index in [2.05, 4.69) is 11.1 Å². The molecule has 0 spiro atoms. The lowest BCUT2D eigenvalue weighted by Gasteiger charge is -2.11. The topological polar surface area (TPSA) is 33.1 Å². The van der Waals surface area contributed by atoms with E-state index < -0.39 is 0 Å². The van der Waals surface area contributed by atoms with Crippen molar-refractivity contribution in [3.63, 3.8) is 0 Å². The zero-order valence-corrected chi connectivity index (χ0v) is 12.4. The smallest absolute Gasteiger partial charge is 0.129 e. The van der Waals surface area contributed by atoms with Crippen LogP contribution in [0.15, 0.2) is 30.3 Å². The molecule has 0 unspecified atom stereocenters. The van der Waals surface area contributed by atoms with Gasteiger partial charge in [0, 0.05) is 0 Å². The number of nitrogens with zero attached hydrogens (tertiary/aromatic N) is 1. The highest BCUT2D eigenvalue weighted by Crippen LogP contribution is 2.50. The Labute approximate surface area is 125 Å². The van der Waals surface area contributed by atoms with Crippen molar-refractivity contribution in [2.75, 3.05) is 0 Å². The lowest BCUT2D eigenvalue weighted by molar-refractivity contribution is 0.471. The molecule has 0 amide bonds. The maximum atomic E-state index is 13.2. The van der Waals surface area contributed by atoms with E-state index in [-0.39, 0.29) is 5.82 Å². The Hall–Kier alpha value is -1.94. The summed E-state index contributed by atoms with van der Waals surface area (Å²) in [7, 11) is 0. The van der Waals surface area contributed by atoms with Crippen LogP contribution in [0.1, 0.15) is 29.3 Å². The fourth-order valence-corrected chi connectivity index (χ4v) is 3.67. The van der Waals surface area contributed by atoms with Gasteiger partial charge in [0.15, 0.2) is 0 Å². The normalized spacial score (nSPS) is 14.8. The average Bonchev–Trinajstić information content (AvgIpc) is 3.22. The Kier molecular flexibility index (Phi) is 2.76. The Morgan fingerprint density at radius 3 is 2.62 bits per heavy atom. The van der Waals surface area contributed by atoms with Crippen molar-refractivity contribution in [3.8, 4) is 16.9 Å². The number of aryl methyl sites for hydroxylation is 1. The summed E-state index contributed by atoms with van der Waals surface area (Å²) in [4.78, 5) is 4.56. The maximum Gasteiger partial charge on any atom is 0.129 e. The maximum absolute atomic E-state index is 13.2. The highest BCUT2D eigenvalue weighted by molar-refractivity contribution is 7.18. The SMILES string of the molecule is Cc1nc2c(-c3ccc(F)cc3)c(O)c(C3CC3)cc2s1. The lowest BCUT2D eigenvalue weighted by Crippen LogP contribution is -1.89. The first-order chi connectivity index (χ1) is 10.1. The van der Waals surface area contributed by atoms with Crippen LogP contribution in [0.4, 0.5) is 4.39 Å². The van der Waals surface area contributed by atoms with Gasteiger partial charge >= 0.3 is 0 Å². The molecule has 3 aromatic rings. The largest absolute Gasteiger partial charge is 0.507 e. The summed E-state index contributed by atoms with van der Waals surface area (Å²) in [6.45, 7) is 1.97. The third-order valence-corrected chi connectivity index (χ3v) is 4.86. The van der Waals surface area contributed by atoms with E-state index in [4.69, 9.17) is 0 Å². The molecule has 2 nitrogen and oxygen atoms in total. The Balaban J connectivity index is 2.04. The third kappa shape index (κ3) is 2.10. The fourth-order valence-electron chi connectivity index (χ4n) is 2.78. The van der Waals surface area contributed by atoms with Crippen LogP contribution in [-0.4, -0.2) is 10.1 Å². The van der Waals surface area contributed by atoms with Crippen molar-refractivity contribution in [3.05, 3.63) is 46.7 Å². The third-order valence-electron chi connectivity index (χ3n) is 3.94. The molecule has 106 valence electrons. The molecule has 0 radical (unpaired) electrons. The van der Waals surface area contributed by atoms with E-state index in [1.165, 1.54) is 12.1 Å². The number of phenols is 1. The van der Waals surface area contributed by atoms with Gasteiger partial charge in [-0.1, -0.05) is 12.1 Å². The molecule has 1 heterocycles. The van der Waals surface area contributed by atoms with Crippen LogP contribution in [-0.2, 0) is 0 Å². The summed E-state index contributed by atoms with van der Waals surface area (Å²) in [6, 6.07) is 8.32. The van der Waals surface area contributed by atoms with E-state index in [9.17, 15) is 9.50 Å². The van der Waals surface area contributed by atoms with E-state index in [0.717, 1.165) is 44.8 Å². The second-order valence-electron chi connectivity index (χ2n) is 5.55. The van der Waals surface area contributed by atoms with Gasteiger partial charge in [-0.3, -0.25) is 0 Å². The molecule has 1 N–H and O–H groups in total. The number of hydrogen-bond acceptors (Lipinski definition) is 3. The summed E-state index contributed by atoms with van der Waals surface area (Å²) >= 11 is 1.64. The predicted octanol–water partition coefficient (Wildman–Crippen LogP) is 4.99. The van der Waals surface area contributed by atoms with Crippen LogP contribution in [0.2, 0.25) is 0 Å². The standard InChI is InChI=1S/C17H14FNOS/c1-9-19-16-14(21-9)8-13(10-2-3-10)17(20)15(16)11-4-6-12(18)7-5-11/h4-8,10,20H,2-3H2,1H3. The first kappa shape index (κ1) is 12.8. The van der Waals surface area contributed by atoms with Crippen molar-refractivity contribution in [1.82, 2.24) is 4.98 Å². The minimum Gasteiger partial charge on any atom is -0.507 e. The van der Waals surface area contributed by atoms with Crippen molar-refractivity contribution in [1.29, 1.82) is 0 Å². The van der Waals surface area contributed by atoms with Crippen LogP contribution >= 0.6 is 11.3 Å². The first-order valence-corrected chi connectivity index (χ1v) is 7.84. The molecule has 0 atom stereocenters. The van der Waals surface area contributed by atoms with Gasteiger partial charge in [-0.05, 0) is 55.0 Å². The number of phenolic OH excluding ortho intramolecular Hbond substituents is 1. The molecule has 1 aliphatic rings. The van der Waals surface area contributed by atoms with Crippen molar-refractivity contribution < 1.29 is 9.50 Å². The summed E-state index contributed by atoms with van der Waals surface area (Å²) in [5.74, 6) is 0.486. The molecule has 1 aliphatic carbocycles. The minimum absolute atomic E-state index is 0.276. The Bertz CT molecular complexity index is 834. The van der Waals surface area contributed by atoms with Crippen molar-refractivity contribution in [2.45, 2.75) is 25.7 Å². The molecular weight excluding hydrogens is 285 g/mol. The van der Waals surface area contributed by atoms with Gasteiger partial charge < -0.3 is 5.11 Å². The average molecular weight is 299 g/mol. The second-order valence-corrected chi connectivity index (χ2v) is 6.78. The molecule has 4 rings (SSSR count). The summed E-state index contributed by atoms with van der Waals surface area (Å²) in [5, 5.41) is 11.7. The summed E-state index contributed by atoms with van der Waals surface area (Å²) in [5.41, 5.74) is 3.36. The molecule has 0 saturated heterocycles. The van der Waals surface area contributed by atoms with Crippen LogP contribution in [0.25, 0.3) is 21.3 Å². The van der Waals surface area contributed by atoms with Crippen molar-refractivity contribution >= 4 is 21.6 Å². The number of fused-ring (bicyclic) bond motifs is 1. The van der Waals surface area contributed by atoms with Crippen LogP contribution in [0, 0.1) is 12.7 Å². The quantitative estimate of drug-likeness (QED) is 0.723. The van der Waals surface area contributed by atoms with Gasteiger partial charge in [0.25, 0.3) is 0 Å². The van der Waals surface area contributed by atoms with Gasteiger partial charge in [-0.25, -0.2) is 9.37 Å². The van der Waals surface area contributed by atoms with Gasteiger partial charge in [0.1, 0.15) is 11.6 Å². The number of benzene rings is 2. The second kappa shape index (κ2) is 4.53. The van der Waals surface area contributed by atoms with E-state index in [1.54, 1.807) is 23.5 Å². The number of hydrogen-bond donors (Lipinski definition) is 1. The molecule has 1 saturated carbocycles.